The summed E-state index contributed by atoms with van der Waals surface area (Å²) in [6.45, 7) is 0.332. The number of halogens is 6. The lowest BCUT2D eigenvalue weighted by Crippen LogP contribution is -2.39. The largest absolute Gasteiger partial charge is 0.416 e. The van der Waals surface area contributed by atoms with Gasteiger partial charge in [0.1, 0.15) is 0 Å². The van der Waals surface area contributed by atoms with Crippen LogP contribution in [0, 0.1) is 0 Å². The van der Waals surface area contributed by atoms with Crippen LogP contribution in [-0.2, 0) is 21.9 Å². The van der Waals surface area contributed by atoms with Gasteiger partial charge in [0.2, 0.25) is 0 Å². The highest BCUT2D eigenvalue weighted by Crippen LogP contribution is 2.37. The molecule has 0 aliphatic rings. The second kappa shape index (κ2) is 9.06. The highest BCUT2D eigenvalue weighted by atomic mass is 19.4. The van der Waals surface area contributed by atoms with Gasteiger partial charge in [-0.15, -0.1) is 0 Å². The van der Waals surface area contributed by atoms with Gasteiger partial charge in [0, 0.05) is 31.5 Å². The molecule has 2 aromatic carbocycles. The first-order chi connectivity index (χ1) is 13.9. The molecule has 0 saturated heterocycles. The fraction of sp³-hybridized carbons (Fsp3) is 0.263. The fourth-order valence-electron chi connectivity index (χ4n) is 2.44. The molecular weight excluding hydrogens is 416 g/mol. The summed E-state index contributed by atoms with van der Waals surface area (Å²) in [6.07, 6.45) is -10.1. The van der Waals surface area contributed by atoms with Crippen LogP contribution in [0.5, 0.6) is 0 Å². The molecule has 0 aliphatic carbocycles. The van der Waals surface area contributed by atoms with E-state index in [4.69, 9.17) is 0 Å². The minimum atomic E-state index is -5.06. The first-order valence-corrected chi connectivity index (χ1v) is 8.53. The van der Waals surface area contributed by atoms with Gasteiger partial charge in [-0.1, -0.05) is 18.2 Å². The van der Waals surface area contributed by atoms with E-state index in [2.05, 4.69) is 5.32 Å². The number of rotatable bonds is 5. The molecule has 0 radical (unpaired) electrons. The molecule has 0 aromatic heterocycles. The number of alkyl halides is 6. The van der Waals surface area contributed by atoms with Gasteiger partial charge in [0.15, 0.2) is 0 Å². The summed E-state index contributed by atoms with van der Waals surface area (Å²) in [5.41, 5.74) is -3.14. The maximum atomic E-state index is 12.9. The van der Waals surface area contributed by atoms with Crippen molar-refractivity contribution in [3.63, 3.8) is 0 Å². The van der Waals surface area contributed by atoms with Crippen molar-refractivity contribution in [3.8, 4) is 0 Å². The molecular formula is C19H17F6N3O2. The molecule has 0 heterocycles. The van der Waals surface area contributed by atoms with Gasteiger partial charge in [-0.05, 0) is 30.3 Å². The third-order valence-electron chi connectivity index (χ3n) is 3.98. The number of nitrogens with one attached hydrogen (secondary N) is 2. The van der Waals surface area contributed by atoms with Crippen molar-refractivity contribution in [2.24, 2.45) is 0 Å². The van der Waals surface area contributed by atoms with Gasteiger partial charge in [0.25, 0.3) is 0 Å². The zero-order chi connectivity index (χ0) is 22.5. The summed E-state index contributed by atoms with van der Waals surface area (Å²) >= 11 is 0. The van der Waals surface area contributed by atoms with Crippen LogP contribution in [0.25, 0.3) is 0 Å². The van der Waals surface area contributed by atoms with Gasteiger partial charge >= 0.3 is 24.2 Å². The van der Waals surface area contributed by atoms with Gasteiger partial charge in [-0.2, -0.15) is 26.3 Å². The van der Waals surface area contributed by atoms with Crippen molar-refractivity contribution in [1.82, 2.24) is 5.32 Å². The lowest BCUT2D eigenvalue weighted by atomic mass is 10.1. The van der Waals surface area contributed by atoms with Crippen molar-refractivity contribution < 1.29 is 35.9 Å². The van der Waals surface area contributed by atoms with E-state index in [-0.39, 0.29) is 12.6 Å². The summed E-state index contributed by atoms with van der Waals surface area (Å²) < 4.78 is 77.1. The van der Waals surface area contributed by atoms with Crippen molar-refractivity contribution in [3.05, 3.63) is 59.7 Å². The van der Waals surface area contributed by atoms with Crippen molar-refractivity contribution in [2.45, 2.75) is 12.4 Å². The zero-order valence-corrected chi connectivity index (χ0v) is 15.6. The van der Waals surface area contributed by atoms with Crippen LogP contribution in [0.3, 0.4) is 0 Å². The third kappa shape index (κ3) is 6.39. The van der Waals surface area contributed by atoms with Crippen molar-refractivity contribution in [2.75, 3.05) is 30.4 Å². The number of hydrogen-bond acceptors (Lipinski definition) is 3. The summed E-state index contributed by atoms with van der Waals surface area (Å²) in [5.74, 6) is -2.58. The fourth-order valence-corrected chi connectivity index (χ4v) is 2.44. The molecule has 0 aliphatic heterocycles. The summed E-state index contributed by atoms with van der Waals surface area (Å²) in [4.78, 5) is 25.5. The second-order valence-corrected chi connectivity index (χ2v) is 6.26. The van der Waals surface area contributed by atoms with Gasteiger partial charge in [-0.25, -0.2) is 0 Å². The molecule has 30 heavy (non-hydrogen) atoms. The summed E-state index contributed by atoms with van der Waals surface area (Å²) in [5, 5.41) is 4.03. The predicted octanol–water partition coefficient (Wildman–Crippen LogP) is 3.92. The smallest absolute Gasteiger partial charge is 0.373 e. The number of nitrogens with zero attached hydrogens (tertiary/aromatic N) is 1. The zero-order valence-electron chi connectivity index (χ0n) is 15.6. The first kappa shape index (κ1) is 23.0. The van der Waals surface area contributed by atoms with Crippen LogP contribution >= 0.6 is 0 Å². The molecule has 5 nitrogen and oxygen atoms in total. The first-order valence-electron chi connectivity index (χ1n) is 8.53. The normalized spacial score (nSPS) is 11.7. The molecule has 0 saturated carbocycles. The van der Waals surface area contributed by atoms with E-state index in [1.165, 1.54) is 0 Å². The van der Waals surface area contributed by atoms with E-state index in [0.717, 1.165) is 5.69 Å². The van der Waals surface area contributed by atoms with E-state index in [1.807, 2.05) is 30.3 Å². The van der Waals surface area contributed by atoms with E-state index < -0.39 is 41.0 Å². The Bertz CT molecular complexity index is 865. The van der Waals surface area contributed by atoms with Gasteiger partial charge in [-0.3, -0.25) is 9.59 Å². The molecule has 0 unspecified atom stereocenters. The molecule has 0 bridgehead atoms. The SMILES string of the molecule is CN(CCNC(=O)C(=O)Nc1cc(C(F)(F)F)cc(C(F)(F)F)c1)c1ccccc1. The van der Waals surface area contributed by atoms with Crippen LogP contribution in [0.1, 0.15) is 11.1 Å². The van der Waals surface area contributed by atoms with E-state index in [9.17, 15) is 35.9 Å². The highest BCUT2D eigenvalue weighted by molar-refractivity contribution is 6.39. The number of likely N-dealkylation sites (N-methyl/N-ethyl adjacent to an activating group) is 1. The summed E-state index contributed by atoms with van der Waals surface area (Å²) in [7, 11) is 1.74. The second-order valence-electron chi connectivity index (χ2n) is 6.26. The lowest BCUT2D eigenvalue weighted by molar-refractivity contribution is -0.143. The molecule has 0 atom stereocenters. The molecule has 11 heteroatoms. The number of amides is 2. The Morgan fingerprint density at radius 2 is 1.40 bits per heavy atom. The van der Waals surface area contributed by atoms with Crippen LogP contribution < -0.4 is 15.5 Å². The Hall–Kier alpha value is -3.24. The topological polar surface area (TPSA) is 61.4 Å². The molecule has 2 aromatic rings. The van der Waals surface area contributed by atoms with Crippen LogP contribution in [0.4, 0.5) is 37.7 Å². The Labute approximate surface area is 167 Å². The monoisotopic (exact) mass is 433 g/mol. The highest BCUT2D eigenvalue weighted by Gasteiger charge is 2.37. The lowest BCUT2D eigenvalue weighted by Gasteiger charge is -2.19. The van der Waals surface area contributed by atoms with E-state index >= 15 is 0 Å². The molecule has 0 fully saturated rings. The average Bonchev–Trinajstić information content (AvgIpc) is 2.66. The quantitative estimate of drug-likeness (QED) is 0.555. The van der Waals surface area contributed by atoms with Crippen molar-refractivity contribution >= 4 is 23.2 Å². The number of benzene rings is 2. The standard InChI is InChI=1S/C19H17F6N3O2/c1-28(15-5-3-2-4-6-15)8-7-26-16(29)17(30)27-14-10-12(18(20,21)22)9-13(11-14)19(23,24)25/h2-6,9-11H,7-8H2,1H3,(H,26,29)(H,27,30). The van der Waals surface area contributed by atoms with Crippen LogP contribution in [-0.4, -0.2) is 32.0 Å². The number of para-hydroxylation sites is 1. The molecule has 2 rings (SSSR count). The minimum Gasteiger partial charge on any atom is -0.373 e. The van der Waals surface area contributed by atoms with Crippen molar-refractivity contribution in [1.29, 1.82) is 0 Å². The van der Waals surface area contributed by atoms with Gasteiger partial charge in [0.05, 0.1) is 11.1 Å². The molecule has 2 amide bonds. The summed E-state index contributed by atoms with van der Waals surface area (Å²) in [6, 6.07) is 9.65. The van der Waals surface area contributed by atoms with Crippen LogP contribution in [0.15, 0.2) is 48.5 Å². The minimum absolute atomic E-state index is 0.0219. The third-order valence-corrected chi connectivity index (χ3v) is 3.98. The van der Waals surface area contributed by atoms with Gasteiger partial charge < -0.3 is 15.5 Å². The van der Waals surface area contributed by atoms with E-state index in [0.29, 0.717) is 18.7 Å². The maximum absolute atomic E-state index is 12.9. The number of carbonyl (C=O) groups excluding carboxylic acids is 2. The molecule has 162 valence electrons. The van der Waals surface area contributed by atoms with E-state index in [1.54, 1.807) is 17.3 Å². The van der Waals surface area contributed by atoms with Crippen LogP contribution in [0.2, 0.25) is 0 Å². The molecule has 2 N–H and O–H groups in total. The molecule has 0 spiro atoms. The Morgan fingerprint density at radius 3 is 1.90 bits per heavy atom. The number of anilines is 2. The Morgan fingerprint density at radius 1 is 0.867 bits per heavy atom. The maximum Gasteiger partial charge on any atom is 0.416 e. The Balaban J connectivity index is 2.01. The number of carbonyl (C=O) groups is 2. The number of hydrogen-bond donors (Lipinski definition) is 2. The predicted molar refractivity (Wildman–Crippen MR) is 97.8 cm³/mol. The Kier molecular flexibility index (Phi) is 6.96. The average molecular weight is 433 g/mol.